The quantitative estimate of drug-likeness (QED) is 0.710. The number of rotatable bonds is 5. The average molecular weight is 337 g/mol. The summed E-state index contributed by atoms with van der Waals surface area (Å²) in [4.78, 5) is 0. The summed E-state index contributed by atoms with van der Waals surface area (Å²) >= 11 is 0. The van der Waals surface area contributed by atoms with Crippen molar-refractivity contribution in [1.82, 2.24) is 0 Å². The zero-order valence-electron chi connectivity index (χ0n) is 15.5. The summed E-state index contributed by atoms with van der Waals surface area (Å²) in [7, 11) is -1.76. The Morgan fingerprint density at radius 2 is 1.83 bits per heavy atom. The lowest BCUT2D eigenvalue weighted by Gasteiger charge is -2.44. The van der Waals surface area contributed by atoms with E-state index >= 15 is 0 Å². The first kappa shape index (κ1) is 18.7. The summed E-state index contributed by atoms with van der Waals surface area (Å²) in [5.74, 6) is 0.251. The molecular formula is C19H32O3Si. The van der Waals surface area contributed by atoms with Gasteiger partial charge in [0.1, 0.15) is 0 Å². The zero-order valence-corrected chi connectivity index (χ0v) is 16.5. The van der Waals surface area contributed by atoms with Gasteiger partial charge in [0.05, 0.1) is 19.3 Å². The molecular weight excluding hydrogens is 304 g/mol. The number of hydrogen-bond donors (Lipinski definition) is 0. The molecule has 23 heavy (non-hydrogen) atoms. The second kappa shape index (κ2) is 7.47. The van der Waals surface area contributed by atoms with Gasteiger partial charge in [0.2, 0.25) is 0 Å². The minimum Gasteiger partial charge on any atom is -0.413 e. The number of ether oxygens (including phenoxy) is 2. The molecule has 0 bridgehead atoms. The van der Waals surface area contributed by atoms with Gasteiger partial charge in [-0.1, -0.05) is 58.0 Å². The lowest BCUT2D eigenvalue weighted by Crippen LogP contribution is -2.50. The van der Waals surface area contributed by atoms with Gasteiger partial charge in [0.25, 0.3) is 0 Å². The van der Waals surface area contributed by atoms with Gasteiger partial charge in [0.15, 0.2) is 14.6 Å². The maximum atomic E-state index is 6.62. The molecule has 0 N–H and O–H groups in total. The molecule has 130 valence electrons. The molecule has 4 heteroatoms. The Bertz CT molecular complexity index is 481. The highest BCUT2D eigenvalue weighted by molar-refractivity contribution is 6.74. The molecule has 1 aromatic carbocycles. The number of hydrogen-bond acceptors (Lipinski definition) is 3. The summed E-state index contributed by atoms with van der Waals surface area (Å²) in [5, 5.41) is 0.228. The standard InChI is InChI=1S/C19H32O3Si/c1-15-17(22-23(5,6)19(2,3)4)12-13-20-18(15)21-14-16-10-8-7-9-11-16/h7-11,15,17-18H,12-14H2,1-6H3/t15-,17+,18+/m0/s1. The van der Waals surface area contributed by atoms with Gasteiger partial charge in [0, 0.05) is 5.92 Å². The predicted octanol–water partition coefficient (Wildman–Crippen LogP) is 4.98. The van der Waals surface area contributed by atoms with Crippen LogP contribution in [-0.2, 0) is 20.5 Å². The van der Waals surface area contributed by atoms with Crippen molar-refractivity contribution < 1.29 is 13.9 Å². The molecule has 1 aromatic rings. The first-order valence-electron chi connectivity index (χ1n) is 8.66. The van der Waals surface area contributed by atoms with Crippen LogP contribution in [0.5, 0.6) is 0 Å². The number of benzene rings is 1. The van der Waals surface area contributed by atoms with Gasteiger partial charge in [-0.05, 0) is 30.1 Å². The van der Waals surface area contributed by atoms with Gasteiger partial charge in [-0.15, -0.1) is 0 Å². The van der Waals surface area contributed by atoms with E-state index in [9.17, 15) is 0 Å². The highest BCUT2D eigenvalue weighted by Crippen LogP contribution is 2.39. The Balaban J connectivity index is 1.94. The Morgan fingerprint density at radius 1 is 1.17 bits per heavy atom. The summed E-state index contributed by atoms with van der Waals surface area (Å²) in [6, 6.07) is 10.3. The molecule has 0 amide bonds. The van der Waals surface area contributed by atoms with Crippen molar-refractivity contribution >= 4 is 8.32 Å². The van der Waals surface area contributed by atoms with E-state index in [1.54, 1.807) is 0 Å². The first-order chi connectivity index (χ1) is 10.7. The molecule has 1 aliphatic heterocycles. The fourth-order valence-electron chi connectivity index (χ4n) is 2.56. The molecule has 3 atom stereocenters. The van der Waals surface area contributed by atoms with Crippen LogP contribution in [0.1, 0.15) is 39.7 Å². The van der Waals surface area contributed by atoms with E-state index in [-0.39, 0.29) is 23.4 Å². The maximum absolute atomic E-state index is 6.62. The normalized spacial score (nSPS) is 26.3. The molecule has 1 fully saturated rings. The Labute approximate surface area is 142 Å². The lowest BCUT2D eigenvalue weighted by atomic mass is 9.99. The Morgan fingerprint density at radius 3 is 2.43 bits per heavy atom. The van der Waals surface area contributed by atoms with Gasteiger partial charge in [-0.2, -0.15) is 0 Å². The fourth-order valence-corrected chi connectivity index (χ4v) is 4.01. The van der Waals surface area contributed by atoms with Gasteiger partial charge in [-0.25, -0.2) is 0 Å². The van der Waals surface area contributed by atoms with Crippen molar-refractivity contribution in [2.24, 2.45) is 5.92 Å². The monoisotopic (exact) mass is 336 g/mol. The molecule has 0 aliphatic carbocycles. The molecule has 2 rings (SSSR count). The smallest absolute Gasteiger partial charge is 0.192 e. The van der Waals surface area contributed by atoms with Crippen molar-refractivity contribution in [3.05, 3.63) is 35.9 Å². The second-order valence-electron chi connectivity index (χ2n) is 8.10. The van der Waals surface area contributed by atoms with E-state index in [4.69, 9.17) is 13.9 Å². The van der Waals surface area contributed by atoms with Crippen LogP contribution < -0.4 is 0 Å². The first-order valence-corrected chi connectivity index (χ1v) is 11.6. The summed E-state index contributed by atoms with van der Waals surface area (Å²) in [6.45, 7) is 15.0. The van der Waals surface area contributed by atoms with Gasteiger partial charge < -0.3 is 13.9 Å². The molecule has 0 aromatic heterocycles. The van der Waals surface area contributed by atoms with Crippen molar-refractivity contribution in [3.63, 3.8) is 0 Å². The van der Waals surface area contributed by atoms with E-state index in [0.717, 1.165) is 6.42 Å². The second-order valence-corrected chi connectivity index (χ2v) is 12.9. The molecule has 1 aliphatic rings. The summed E-state index contributed by atoms with van der Waals surface area (Å²) in [5.41, 5.74) is 1.18. The van der Waals surface area contributed by atoms with E-state index in [1.165, 1.54) is 5.56 Å². The SMILES string of the molecule is C[C@@H]1[C@@H](OCc2ccccc2)OCC[C@H]1O[Si](C)(C)C(C)(C)C. The van der Waals surface area contributed by atoms with Crippen LogP contribution >= 0.6 is 0 Å². The predicted molar refractivity (Wildman–Crippen MR) is 96.8 cm³/mol. The van der Waals surface area contributed by atoms with Crippen molar-refractivity contribution in [2.75, 3.05) is 6.61 Å². The van der Waals surface area contributed by atoms with Crippen LogP contribution in [0.15, 0.2) is 30.3 Å². The molecule has 1 heterocycles. The minimum atomic E-state index is -1.76. The third-order valence-electron chi connectivity index (χ3n) is 5.21. The molecule has 0 spiro atoms. The largest absolute Gasteiger partial charge is 0.413 e. The van der Waals surface area contributed by atoms with Crippen molar-refractivity contribution in [3.8, 4) is 0 Å². The highest BCUT2D eigenvalue weighted by atomic mass is 28.4. The average Bonchev–Trinajstić information content (AvgIpc) is 2.48. The van der Waals surface area contributed by atoms with E-state index < -0.39 is 8.32 Å². The maximum Gasteiger partial charge on any atom is 0.192 e. The third-order valence-corrected chi connectivity index (χ3v) is 9.71. The van der Waals surface area contributed by atoms with Gasteiger partial charge in [-0.3, -0.25) is 0 Å². The summed E-state index contributed by atoms with van der Waals surface area (Å²) in [6.07, 6.45) is 1.00. The van der Waals surface area contributed by atoms with E-state index in [1.807, 2.05) is 18.2 Å². The zero-order chi connectivity index (χ0) is 17.1. The fraction of sp³-hybridized carbons (Fsp3) is 0.684. The molecule has 0 unspecified atom stereocenters. The molecule has 0 radical (unpaired) electrons. The third kappa shape index (κ3) is 4.89. The molecule has 1 saturated heterocycles. The van der Waals surface area contributed by atoms with Crippen LogP contribution in [0.4, 0.5) is 0 Å². The van der Waals surface area contributed by atoms with E-state index in [0.29, 0.717) is 13.2 Å². The topological polar surface area (TPSA) is 27.7 Å². The molecule has 0 saturated carbocycles. The summed E-state index contributed by atoms with van der Waals surface area (Å²) < 4.78 is 18.5. The Kier molecular flexibility index (Phi) is 6.06. The van der Waals surface area contributed by atoms with Crippen LogP contribution in [0, 0.1) is 5.92 Å². The van der Waals surface area contributed by atoms with Crippen LogP contribution in [0.3, 0.4) is 0 Å². The van der Waals surface area contributed by atoms with Crippen molar-refractivity contribution in [2.45, 2.75) is 71.2 Å². The van der Waals surface area contributed by atoms with Crippen LogP contribution in [0.25, 0.3) is 0 Å². The van der Waals surface area contributed by atoms with E-state index in [2.05, 4.69) is 52.9 Å². The van der Waals surface area contributed by atoms with Crippen LogP contribution in [-0.4, -0.2) is 27.3 Å². The van der Waals surface area contributed by atoms with Crippen LogP contribution in [0.2, 0.25) is 18.1 Å². The highest BCUT2D eigenvalue weighted by Gasteiger charge is 2.42. The Hall–Kier alpha value is -0.683. The lowest BCUT2D eigenvalue weighted by molar-refractivity contribution is -0.218. The molecule has 3 nitrogen and oxygen atoms in total. The minimum absolute atomic E-state index is 0.182. The van der Waals surface area contributed by atoms with Gasteiger partial charge >= 0.3 is 0 Å². The van der Waals surface area contributed by atoms with Crippen molar-refractivity contribution in [1.29, 1.82) is 0 Å².